The molecule has 3 heterocycles. The summed E-state index contributed by atoms with van der Waals surface area (Å²) >= 11 is 6.32. The van der Waals surface area contributed by atoms with Crippen molar-refractivity contribution in [2.24, 2.45) is 5.92 Å². The lowest BCUT2D eigenvalue weighted by atomic mass is 9.84. The van der Waals surface area contributed by atoms with Gasteiger partial charge in [-0.05, 0) is 62.8 Å². The van der Waals surface area contributed by atoms with E-state index >= 15 is 0 Å². The Balaban J connectivity index is 1.33. The van der Waals surface area contributed by atoms with Gasteiger partial charge in [0.15, 0.2) is 5.92 Å². The molecule has 5 rings (SSSR count). The van der Waals surface area contributed by atoms with E-state index in [-0.39, 0.29) is 23.5 Å². The minimum atomic E-state index is -5.64. The van der Waals surface area contributed by atoms with Crippen LogP contribution in [0.15, 0.2) is 18.2 Å². The molecule has 218 valence electrons. The van der Waals surface area contributed by atoms with Crippen LogP contribution < -0.4 is 4.90 Å². The molecule has 1 N–H and O–H groups in total. The fourth-order valence-corrected chi connectivity index (χ4v) is 7.15. The number of amides is 1. The predicted molar refractivity (Wildman–Crippen MR) is 134 cm³/mol. The van der Waals surface area contributed by atoms with Gasteiger partial charge < -0.3 is 14.9 Å². The first kappa shape index (κ1) is 28.6. The second-order valence-electron chi connectivity index (χ2n) is 11.4. The number of hydrogen-bond donors (Lipinski definition) is 1. The number of halogens is 7. The minimum Gasteiger partial charge on any atom is -0.465 e. The lowest BCUT2D eigenvalue weighted by molar-refractivity contribution is -0.300. The summed E-state index contributed by atoms with van der Waals surface area (Å²) in [6.07, 6.45) is -6.20. The second-order valence-corrected chi connectivity index (χ2v) is 11.8. The molecule has 1 spiro atoms. The van der Waals surface area contributed by atoms with Gasteiger partial charge in [0.25, 0.3) is 0 Å². The molecule has 1 atom stereocenters. The fraction of sp³-hybridized carbons (Fsp3) is 0.731. The normalized spacial score (nSPS) is 25.2. The van der Waals surface area contributed by atoms with Gasteiger partial charge in [0, 0.05) is 61.6 Å². The summed E-state index contributed by atoms with van der Waals surface area (Å²) in [5.41, 5.74) is 1.79. The van der Waals surface area contributed by atoms with Crippen LogP contribution in [0, 0.1) is 5.92 Å². The summed E-state index contributed by atoms with van der Waals surface area (Å²) in [5.74, 6) is -3.77. The maximum absolute atomic E-state index is 13.6. The van der Waals surface area contributed by atoms with E-state index in [9.17, 15) is 36.2 Å². The highest BCUT2D eigenvalue weighted by Crippen LogP contribution is 2.46. The Morgan fingerprint density at radius 3 is 2.26 bits per heavy atom. The third kappa shape index (κ3) is 5.93. The smallest absolute Gasteiger partial charge is 0.407 e. The van der Waals surface area contributed by atoms with Gasteiger partial charge in [0.1, 0.15) is 0 Å². The van der Waals surface area contributed by atoms with Crippen molar-refractivity contribution in [2.45, 2.75) is 75.0 Å². The third-order valence-electron chi connectivity index (χ3n) is 8.95. The number of carbonyl (C=O) groups is 1. The van der Waals surface area contributed by atoms with Crippen LogP contribution in [0.5, 0.6) is 0 Å². The maximum Gasteiger partial charge on any atom is 0.407 e. The number of hydrogen-bond acceptors (Lipinski definition) is 4. The average molecular weight is 583 g/mol. The quantitative estimate of drug-likeness (QED) is 0.442. The zero-order valence-corrected chi connectivity index (χ0v) is 22.2. The van der Waals surface area contributed by atoms with Gasteiger partial charge in [-0.3, -0.25) is 9.80 Å². The molecule has 0 aromatic heterocycles. The molecule has 1 aliphatic carbocycles. The highest BCUT2D eigenvalue weighted by molar-refractivity contribution is 6.30. The van der Waals surface area contributed by atoms with Crippen LogP contribution in [-0.4, -0.2) is 95.1 Å². The molecule has 13 heteroatoms. The molecule has 0 radical (unpaired) electrons. The second kappa shape index (κ2) is 10.5. The third-order valence-corrected chi connectivity index (χ3v) is 9.19. The lowest BCUT2D eigenvalue weighted by Gasteiger charge is -2.47. The van der Waals surface area contributed by atoms with E-state index in [1.165, 1.54) is 30.6 Å². The summed E-state index contributed by atoms with van der Waals surface area (Å²) < 4.78 is 81.4. The first-order valence-corrected chi connectivity index (χ1v) is 13.8. The van der Waals surface area contributed by atoms with Crippen molar-refractivity contribution in [3.05, 3.63) is 28.8 Å². The molecule has 4 fully saturated rings. The molecule has 1 amide bonds. The summed E-state index contributed by atoms with van der Waals surface area (Å²) in [4.78, 5) is 18.3. The van der Waals surface area contributed by atoms with Crippen LogP contribution in [0.2, 0.25) is 5.02 Å². The van der Waals surface area contributed by atoms with Gasteiger partial charge in [0.05, 0.1) is 6.04 Å². The SMILES string of the molecule is O=C(O)N1CCN(Cc2ccc(Cl)cc2N2CCC3(CCCN3C3CC3)CC2)CC1C(C(F)(F)F)C(F)(F)F. The van der Waals surface area contributed by atoms with Crippen molar-refractivity contribution in [3.63, 3.8) is 0 Å². The zero-order valence-electron chi connectivity index (χ0n) is 21.4. The fourth-order valence-electron chi connectivity index (χ4n) is 6.98. The van der Waals surface area contributed by atoms with E-state index < -0.39 is 43.5 Å². The van der Waals surface area contributed by atoms with Crippen LogP contribution >= 0.6 is 11.6 Å². The molecular formula is C26H33ClF6N4O2. The standard InChI is InChI=1S/C26H33ClF6N4O2/c27-18-3-2-17(20(14-18)35-10-7-24(8-11-35)6-1-9-37(24)19-4-5-19)15-34-12-13-36(23(38)39)21(16-34)22(25(28,29)30)26(31,32)33/h2-3,14,19,21-22H,1,4-13,15-16H2,(H,38,39). The number of nitrogens with zero attached hydrogens (tertiary/aromatic N) is 4. The van der Waals surface area contributed by atoms with Gasteiger partial charge in [-0.2, -0.15) is 26.3 Å². The van der Waals surface area contributed by atoms with Crippen LogP contribution in [0.1, 0.15) is 44.1 Å². The lowest BCUT2D eigenvalue weighted by Crippen LogP contribution is -2.62. The van der Waals surface area contributed by atoms with Crippen molar-refractivity contribution < 1.29 is 36.2 Å². The van der Waals surface area contributed by atoms with Crippen LogP contribution in [0.4, 0.5) is 36.8 Å². The molecule has 1 saturated carbocycles. The Kier molecular flexibility index (Phi) is 7.69. The first-order valence-electron chi connectivity index (χ1n) is 13.4. The van der Waals surface area contributed by atoms with Crippen molar-refractivity contribution in [1.29, 1.82) is 0 Å². The predicted octanol–water partition coefficient (Wildman–Crippen LogP) is 5.84. The maximum atomic E-state index is 13.6. The van der Waals surface area contributed by atoms with Gasteiger partial charge in [-0.1, -0.05) is 17.7 Å². The Bertz CT molecular complexity index is 1040. The topological polar surface area (TPSA) is 50.3 Å². The number of likely N-dealkylation sites (tertiary alicyclic amines) is 1. The van der Waals surface area contributed by atoms with Gasteiger partial charge in [-0.15, -0.1) is 0 Å². The molecule has 4 aliphatic rings. The van der Waals surface area contributed by atoms with E-state index in [4.69, 9.17) is 11.6 Å². The molecule has 3 aliphatic heterocycles. The van der Waals surface area contributed by atoms with Crippen LogP contribution in [-0.2, 0) is 6.54 Å². The van der Waals surface area contributed by atoms with Gasteiger partial charge in [0.2, 0.25) is 0 Å². The highest BCUT2D eigenvalue weighted by Gasteiger charge is 2.62. The molecule has 1 aromatic rings. The van der Waals surface area contributed by atoms with E-state index in [0.717, 1.165) is 43.7 Å². The zero-order chi connectivity index (χ0) is 28.2. The summed E-state index contributed by atoms with van der Waals surface area (Å²) in [6.45, 7) is 1.69. The van der Waals surface area contributed by atoms with Crippen molar-refractivity contribution in [3.8, 4) is 0 Å². The number of piperidine rings is 1. The van der Waals surface area contributed by atoms with Crippen LogP contribution in [0.25, 0.3) is 0 Å². The van der Waals surface area contributed by atoms with E-state index in [1.54, 1.807) is 18.2 Å². The number of benzene rings is 1. The van der Waals surface area contributed by atoms with Gasteiger partial charge >= 0.3 is 18.4 Å². The average Bonchev–Trinajstić information content (AvgIpc) is 3.60. The first-order chi connectivity index (χ1) is 18.3. The number of piperazine rings is 1. The molecule has 39 heavy (non-hydrogen) atoms. The number of anilines is 1. The molecule has 1 unspecified atom stereocenters. The Labute approximate surface area is 228 Å². The van der Waals surface area contributed by atoms with Crippen molar-refractivity contribution in [1.82, 2.24) is 14.7 Å². The van der Waals surface area contributed by atoms with Crippen molar-refractivity contribution >= 4 is 23.4 Å². The molecule has 6 nitrogen and oxygen atoms in total. The number of carboxylic acid groups (broad SMARTS) is 1. The van der Waals surface area contributed by atoms with E-state index in [2.05, 4.69) is 9.80 Å². The Hall–Kier alpha value is -1.92. The Morgan fingerprint density at radius 1 is 1.00 bits per heavy atom. The van der Waals surface area contributed by atoms with E-state index in [1.807, 2.05) is 0 Å². The number of rotatable bonds is 5. The number of alkyl halides is 6. The highest BCUT2D eigenvalue weighted by atomic mass is 35.5. The molecule has 3 saturated heterocycles. The summed E-state index contributed by atoms with van der Waals surface area (Å²) in [5, 5.41) is 9.90. The monoisotopic (exact) mass is 582 g/mol. The van der Waals surface area contributed by atoms with Gasteiger partial charge in [-0.25, -0.2) is 4.79 Å². The van der Waals surface area contributed by atoms with Crippen molar-refractivity contribution in [2.75, 3.05) is 44.2 Å². The summed E-state index contributed by atoms with van der Waals surface area (Å²) in [6, 6.07) is 3.63. The minimum absolute atomic E-state index is 0.0206. The molecule has 0 bridgehead atoms. The van der Waals surface area contributed by atoms with E-state index in [0.29, 0.717) is 11.1 Å². The Morgan fingerprint density at radius 2 is 1.67 bits per heavy atom. The van der Waals surface area contributed by atoms with Crippen LogP contribution in [0.3, 0.4) is 0 Å². The summed E-state index contributed by atoms with van der Waals surface area (Å²) in [7, 11) is 0. The molecule has 1 aromatic carbocycles. The molecular weight excluding hydrogens is 550 g/mol. The largest absolute Gasteiger partial charge is 0.465 e.